The van der Waals surface area contributed by atoms with Crippen LogP contribution in [0.5, 0.6) is 5.88 Å². The molecule has 3 aromatic rings. The van der Waals surface area contributed by atoms with Gasteiger partial charge in [0.1, 0.15) is 23.7 Å². The van der Waals surface area contributed by atoms with E-state index >= 15 is 4.39 Å². The van der Waals surface area contributed by atoms with Crippen LogP contribution in [0.15, 0.2) is 41.5 Å². The fourth-order valence-corrected chi connectivity index (χ4v) is 5.12. The second-order valence-corrected chi connectivity index (χ2v) is 9.77. The molecule has 4 heterocycles. The SMILES string of the molecule is COCCN1CCC(c2ccc(NC(=O)c3c(Nc4cnc5c(c4C)NCCO5)cc[nH]c3=O)cc2F)CC1. The summed E-state index contributed by atoms with van der Waals surface area (Å²) >= 11 is 0. The summed E-state index contributed by atoms with van der Waals surface area (Å²) in [4.78, 5) is 35.1. The molecule has 2 aliphatic heterocycles. The van der Waals surface area contributed by atoms with Crippen LogP contribution in [0.25, 0.3) is 0 Å². The summed E-state index contributed by atoms with van der Waals surface area (Å²) in [7, 11) is 1.69. The molecule has 0 atom stereocenters. The highest BCUT2D eigenvalue weighted by atomic mass is 19.1. The highest BCUT2D eigenvalue weighted by molar-refractivity contribution is 6.08. The number of aromatic amines is 1. The van der Waals surface area contributed by atoms with Gasteiger partial charge in [-0.3, -0.25) is 9.59 Å². The van der Waals surface area contributed by atoms with E-state index in [-0.39, 0.29) is 23.0 Å². The van der Waals surface area contributed by atoms with Gasteiger partial charge < -0.3 is 35.3 Å². The first-order chi connectivity index (χ1) is 18.9. The average molecular weight is 537 g/mol. The van der Waals surface area contributed by atoms with Gasteiger partial charge in [-0.1, -0.05) is 6.07 Å². The molecule has 11 heteroatoms. The number of fused-ring (bicyclic) bond motifs is 1. The molecule has 0 unspecified atom stereocenters. The van der Waals surface area contributed by atoms with Gasteiger partial charge in [0.2, 0.25) is 5.88 Å². The van der Waals surface area contributed by atoms with E-state index in [0.29, 0.717) is 42.6 Å². The first-order valence-electron chi connectivity index (χ1n) is 13.1. The quantitative estimate of drug-likeness (QED) is 0.343. The summed E-state index contributed by atoms with van der Waals surface area (Å²) in [5, 5.41) is 9.10. The minimum absolute atomic E-state index is 0.119. The van der Waals surface area contributed by atoms with Crippen molar-refractivity contribution in [1.29, 1.82) is 0 Å². The van der Waals surface area contributed by atoms with Crippen LogP contribution in [0.4, 0.5) is 27.1 Å². The van der Waals surface area contributed by atoms with Gasteiger partial charge in [0.05, 0.1) is 24.2 Å². The largest absolute Gasteiger partial charge is 0.474 e. The normalized spacial score (nSPS) is 15.7. The molecular formula is C28H33FN6O4. The van der Waals surface area contributed by atoms with Gasteiger partial charge in [0, 0.05) is 37.6 Å². The number of benzene rings is 1. The van der Waals surface area contributed by atoms with Crippen LogP contribution in [0.1, 0.15) is 40.2 Å². The maximum absolute atomic E-state index is 15.1. The van der Waals surface area contributed by atoms with Crippen LogP contribution < -0.4 is 26.2 Å². The van der Waals surface area contributed by atoms with Crippen LogP contribution in [0, 0.1) is 12.7 Å². The Bertz CT molecular complexity index is 1400. The van der Waals surface area contributed by atoms with Crippen molar-refractivity contribution in [2.24, 2.45) is 0 Å². The molecule has 2 aliphatic rings. The molecule has 1 fully saturated rings. The summed E-state index contributed by atoms with van der Waals surface area (Å²) in [6.07, 6.45) is 4.78. The number of piperidine rings is 1. The predicted octanol–water partition coefficient (Wildman–Crippen LogP) is 3.84. The standard InChI is InChI=1S/C28H33FN6O4/c1-17-23(16-32-28-25(17)30-9-13-39-28)34-22-5-8-31-26(36)24(22)27(37)33-19-3-4-20(21(29)15-19)18-6-10-35(11-7-18)12-14-38-2/h3-5,8,15-16,18,30H,6-7,9-14H2,1-2H3,(H,33,37)(H2,31,34,36). The zero-order valence-electron chi connectivity index (χ0n) is 22.1. The molecule has 39 heavy (non-hydrogen) atoms. The first kappa shape index (κ1) is 26.6. The second-order valence-electron chi connectivity index (χ2n) is 9.77. The Hall–Kier alpha value is -3.96. The minimum atomic E-state index is -0.650. The topological polar surface area (TPSA) is 121 Å². The van der Waals surface area contributed by atoms with E-state index in [9.17, 15) is 9.59 Å². The molecule has 2 aromatic heterocycles. The predicted molar refractivity (Wildman–Crippen MR) is 148 cm³/mol. The number of methoxy groups -OCH3 is 1. The Morgan fingerprint density at radius 3 is 2.85 bits per heavy atom. The average Bonchev–Trinajstić information content (AvgIpc) is 2.94. The molecule has 0 radical (unpaired) electrons. The van der Waals surface area contributed by atoms with Crippen LogP contribution >= 0.6 is 0 Å². The minimum Gasteiger partial charge on any atom is -0.474 e. The number of pyridine rings is 2. The number of nitrogens with zero attached hydrogens (tertiary/aromatic N) is 2. The number of carbonyl (C=O) groups is 1. The van der Waals surface area contributed by atoms with Crippen LogP contribution in [0.3, 0.4) is 0 Å². The first-order valence-corrected chi connectivity index (χ1v) is 13.1. The lowest BCUT2D eigenvalue weighted by Crippen LogP contribution is -2.35. The smallest absolute Gasteiger partial charge is 0.263 e. The Labute approximate surface area is 225 Å². The fourth-order valence-electron chi connectivity index (χ4n) is 5.12. The lowest BCUT2D eigenvalue weighted by atomic mass is 9.89. The second kappa shape index (κ2) is 11.8. The Morgan fingerprint density at radius 1 is 1.26 bits per heavy atom. The molecule has 0 aliphatic carbocycles. The molecule has 0 saturated carbocycles. The van der Waals surface area contributed by atoms with Crippen molar-refractivity contribution in [2.75, 3.05) is 62.5 Å². The van der Waals surface area contributed by atoms with Crippen LogP contribution in [0.2, 0.25) is 0 Å². The third-order valence-electron chi connectivity index (χ3n) is 7.30. The van der Waals surface area contributed by atoms with E-state index in [0.717, 1.165) is 43.7 Å². The molecule has 4 N–H and O–H groups in total. The van der Waals surface area contributed by atoms with Crippen LogP contribution in [-0.4, -0.2) is 67.3 Å². The van der Waals surface area contributed by atoms with Crippen LogP contribution in [-0.2, 0) is 4.74 Å². The zero-order chi connectivity index (χ0) is 27.4. The molecule has 1 saturated heterocycles. The Balaban J connectivity index is 1.30. The summed E-state index contributed by atoms with van der Waals surface area (Å²) in [6.45, 7) is 6.42. The Morgan fingerprint density at radius 2 is 2.08 bits per heavy atom. The van der Waals surface area contributed by atoms with Gasteiger partial charge in [0.15, 0.2) is 0 Å². The molecule has 1 amide bonds. The molecule has 206 valence electrons. The molecule has 0 spiro atoms. The number of halogens is 1. The number of nitrogens with one attached hydrogen (secondary N) is 4. The lowest BCUT2D eigenvalue weighted by Gasteiger charge is -2.32. The number of rotatable bonds is 8. The number of ether oxygens (including phenoxy) is 2. The van der Waals surface area contributed by atoms with E-state index in [2.05, 4.69) is 30.8 Å². The van der Waals surface area contributed by atoms with Crippen molar-refractivity contribution >= 4 is 28.7 Å². The van der Waals surface area contributed by atoms with E-state index in [1.165, 1.54) is 12.3 Å². The zero-order valence-corrected chi connectivity index (χ0v) is 22.1. The maximum atomic E-state index is 15.1. The lowest BCUT2D eigenvalue weighted by molar-refractivity contribution is 0.102. The number of likely N-dealkylation sites (tertiary alicyclic amines) is 1. The highest BCUT2D eigenvalue weighted by Crippen LogP contribution is 2.35. The van der Waals surface area contributed by atoms with Gasteiger partial charge in [-0.2, -0.15) is 0 Å². The number of amides is 1. The molecular weight excluding hydrogens is 503 g/mol. The van der Waals surface area contributed by atoms with Crippen molar-refractivity contribution in [3.05, 3.63) is 69.5 Å². The molecule has 1 aromatic carbocycles. The van der Waals surface area contributed by atoms with Crippen molar-refractivity contribution in [3.63, 3.8) is 0 Å². The molecule has 10 nitrogen and oxygen atoms in total. The van der Waals surface area contributed by atoms with E-state index < -0.39 is 11.5 Å². The van der Waals surface area contributed by atoms with Crippen molar-refractivity contribution < 1.29 is 18.7 Å². The van der Waals surface area contributed by atoms with Gasteiger partial charge in [-0.15, -0.1) is 0 Å². The number of aromatic nitrogens is 2. The number of H-pyrrole nitrogens is 1. The number of carbonyl (C=O) groups excluding carboxylic acids is 1. The highest BCUT2D eigenvalue weighted by Gasteiger charge is 2.24. The van der Waals surface area contributed by atoms with Crippen molar-refractivity contribution in [3.8, 4) is 5.88 Å². The third kappa shape index (κ3) is 5.89. The van der Waals surface area contributed by atoms with Gasteiger partial charge in [-0.05, 0) is 62.5 Å². The summed E-state index contributed by atoms with van der Waals surface area (Å²) < 4.78 is 25.9. The summed E-state index contributed by atoms with van der Waals surface area (Å²) in [5.74, 6) is -0.387. The Kier molecular flexibility index (Phi) is 8.08. The van der Waals surface area contributed by atoms with Crippen molar-refractivity contribution in [2.45, 2.75) is 25.7 Å². The van der Waals surface area contributed by atoms with E-state index in [4.69, 9.17) is 9.47 Å². The number of anilines is 4. The van der Waals surface area contributed by atoms with E-state index in [1.54, 1.807) is 31.5 Å². The molecule has 0 bridgehead atoms. The maximum Gasteiger partial charge on any atom is 0.263 e. The van der Waals surface area contributed by atoms with E-state index in [1.807, 2.05) is 6.92 Å². The monoisotopic (exact) mass is 536 g/mol. The van der Waals surface area contributed by atoms with Gasteiger partial charge in [0.25, 0.3) is 11.5 Å². The third-order valence-corrected chi connectivity index (χ3v) is 7.30. The summed E-state index contributed by atoms with van der Waals surface area (Å²) in [6, 6.07) is 6.33. The fraction of sp³-hybridized carbons (Fsp3) is 0.393. The number of hydrogen-bond donors (Lipinski definition) is 4. The van der Waals surface area contributed by atoms with Crippen molar-refractivity contribution in [1.82, 2.24) is 14.9 Å². The van der Waals surface area contributed by atoms with Gasteiger partial charge in [-0.25, -0.2) is 9.37 Å². The van der Waals surface area contributed by atoms with Gasteiger partial charge >= 0.3 is 0 Å². The number of hydrogen-bond acceptors (Lipinski definition) is 8. The molecule has 5 rings (SSSR count). The summed E-state index contributed by atoms with van der Waals surface area (Å²) in [5.41, 5.74) is 2.76.